The van der Waals surface area contributed by atoms with E-state index < -0.39 is 0 Å². The number of thiazole rings is 1. The molecule has 1 aromatic rings. The summed E-state index contributed by atoms with van der Waals surface area (Å²) in [6.45, 7) is 9.26. The Labute approximate surface area is 92.0 Å². The second-order valence-corrected chi connectivity index (χ2v) is 4.48. The van der Waals surface area contributed by atoms with Crippen LogP contribution in [0, 0.1) is 6.92 Å². The molecule has 0 aliphatic carbocycles. The van der Waals surface area contributed by atoms with Crippen LogP contribution in [0.25, 0.3) is 0 Å². The van der Waals surface area contributed by atoms with Gasteiger partial charge in [0.05, 0.1) is 10.7 Å². The van der Waals surface area contributed by atoms with Crippen LogP contribution in [0.4, 0.5) is 0 Å². The third-order valence-electron chi connectivity index (χ3n) is 1.68. The van der Waals surface area contributed by atoms with Crippen LogP contribution in [0.2, 0.25) is 0 Å². The van der Waals surface area contributed by atoms with Crippen LogP contribution in [0.1, 0.15) is 36.3 Å². The Balaban J connectivity index is 0.000000791. The lowest BCUT2D eigenvalue weighted by atomic mass is 10.3. The van der Waals surface area contributed by atoms with Crippen LogP contribution in [-0.2, 0) is 13.0 Å². The number of rotatable bonds is 3. The lowest BCUT2D eigenvalue weighted by molar-refractivity contribution is 0.404. The van der Waals surface area contributed by atoms with Gasteiger partial charge in [0.15, 0.2) is 0 Å². The van der Waals surface area contributed by atoms with Gasteiger partial charge in [-0.3, -0.25) is 0 Å². The summed E-state index contributed by atoms with van der Waals surface area (Å²) >= 11 is 1.81. The average molecular weight is 214 g/mol. The molecule has 1 rings (SSSR count). The van der Waals surface area contributed by atoms with Crippen LogP contribution in [-0.4, -0.2) is 24.0 Å². The molecule has 0 saturated carbocycles. The number of nitrogens with zero attached hydrogens (tertiary/aromatic N) is 2. The highest BCUT2D eigenvalue weighted by molar-refractivity contribution is 7.11. The number of hydrogen-bond donors (Lipinski definition) is 0. The van der Waals surface area contributed by atoms with E-state index in [-0.39, 0.29) is 0 Å². The molecule has 0 unspecified atom stereocenters. The van der Waals surface area contributed by atoms with E-state index >= 15 is 0 Å². The Morgan fingerprint density at radius 2 is 1.86 bits per heavy atom. The predicted molar refractivity (Wildman–Crippen MR) is 65.0 cm³/mol. The average Bonchev–Trinajstić information content (AvgIpc) is 2.48. The van der Waals surface area contributed by atoms with E-state index in [0.717, 1.165) is 13.0 Å². The Morgan fingerprint density at radius 3 is 2.29 bits per heavy atom. The molecule has 1 aromatic heterocycles. The fourth-order valence-corrected chi connectivity index (χ4v) is 2.34. The summed E-state index contributed by atoms with van der Waals surface area (Å²) in [5.74, 6) is 0. The molecule has 0 radical (unpaired) electrons. The van der Waals surface area contributed by atoms with Gasteiger partial charge >= 0.3 is 0 Å². The summed E-state index contributed by atoms with van der Waals surface area (Å²) < 4.78 is 0. The first-order valence-electron chi connectivity index (χ1n) is 5.23. The molecule has 0 fully saturated rings. The highest BCUT2D eigenvalue weighted by atomic mass is 32.1. The molecule has 0 aliphatic heterocycles. The van der Waals surface area contributed by atoms with E-state index in [1.54, 1.807) is 0 Å². The van der Waals surface area contributed by atoms with Crippen molar-refractivity contribution in [2.24, 2.45) is 0 Å². The summed E-state index contributed by atoms with van der Waals surface area (Å²) in [4.78, 5) is 8.08. The van der Waals surface area contributed by atoms with Gasteiger partial charge in [0, 0.05) is 11.4 Å². The smallest absolute Gasteiger partial charge is 0.0900 e. The fraction of sp³-hybridized carbons (Fsp3) is 0.727. The van der Waals surface area contributed by atoms with Crippen molar-refractivity contribution in [1.29, 1.82) is 0 Å². The van der Waals surface area contributed by atoms with Crippen molar-refractivity contribution in [3.05, 3.63) is 15.6 Å². The van der Waals surface area contributed by atoms with E-state index in [4.69, 9.17) is 0 Å². The molecule has 0 aromatic carbocycles. The minimum atomic E-state index is 1.02. The zero-order valence-corrected chi connectivity index (χ0v) is 11.0. The maximum absolute atomic E-state index is 4.47. The van der Waals surface area contributed by atoms with Gasteiger partial charge in [0.25, 0.3) is 0 Å². The van der Waals surface area contributed by atoms with Gasteiger partial charge in [0.2, 0.25) is 0 Å². The van der Waals surface area contributed by atoms with E-state index in [9.17, 15) is 0 Å². The first-order valence-corrected chi connectivity index (χ1v) is 6.05. The second kappa shape index (κ2) is 6.96. The minimum absolute atomic E-state index is 1.02. The van der Waals surface area contributed by atoms with Crippen molar-refractivity contribution in [3.8, 4) is 0 Å². The van der Waals surface area contributed by atoms with Crippen molar-refractivity contribution in [2.45, 2.75) is 40.7 Å². The van der Waals surface area contributed by atoms with Gasteiger partial charge in [-0.1, -0.05) is 20.8 Å². The molecule has 0 bridgehead atoms. The third-order valence-corrected chi connectivity index (χ3v) is 2.68. The van der Waals surface area contributed by atoms with Crippen LogP contribution >= 0.6 is 11.3 Å². The zero-order valence-electron chi connectivity index (χ0n) is 10.2. The van der Waals surface area contributed by atoms with Gasteiger partial charge in [-0.05, 0) is 27.4 Å². The molecule has 0 atom stereocenters. The van der Waals surface area contributed by atoms with E-state index in [1.165, 1.54) is 15.6 Å². The maximum Gasteiger partial charge on any atom is 0.0900 e. The zero-order chi connectivity index (χ0) is 11.1. The summed E-state index contributed by atoms with van der Waals surface area (Å²) in [5, 5.41) is 1.18. The predicted octanol–water partition coefficient (Wildman–Crippen LogP) is 3.10. The lowest BCUT2D eigenvalue weighted by Crippen LogP contribution is -2.10. The molecule has 0 spiro atoms. The van der Waals surface area contributed by atoms with Crippen molar-refractivity contribution in [3.63, 3.8) is 0 Å². The number of aromatic nitrogens is 1. The van der Waals surface area contributed by atoms with Gasteiger partial charge in [-0.25, -0.2) is 4.98 Å². The highest BCUT2D eigenvalue weighted by Gasteiger charge is 2.07. The largest absolute Gasteiger partial charge is 0.304 e. The SMILES string of the molecule is CC.CCc1nc(C)sc1CN(C)C. The first-order chi connectivity index (χ1) is 6.63. The highest BCUT2D eigenvalue weighted by Crippen LogP contribution is 2.19. The monoisotopic (exact) mass is 214 g/mol. The minimum Gasteiger partial charge on any atom is -0.304 e. The van der Waals surface area contributed by atoms with Gasteiger partial charge < -0.3 is 4.90 Å². The molecule has 0 saturated heterocycles. The molecule has 14 heavy (non-hydrogen) atoms. The Morgan fingerprint density at radius 1 is 1.29 bits per heavy atom. The second-order valence-electron chi connectivity index (χ2n) is 3.19. The van der Waals surface area contributed by atoms with Crippen LogP contribution < -0.4 is 0 Å². The number of aryl methyl sites for hydroxylation is 2. The van der Waals surface area contributed by atoms with Gasteiger partial charge in [0.1, 0.15) is 0 Å². The van der Waals surface area contributed by atoms with Crippen LogP contribution in [0.5, 0.6) is 0 Å². The van der Waals surface area contributed by atoms with Crippen molar-refractivity contribution < 1.29 is 0 Å². The Bertz CT molecular complexity index is 254. The molecular formula is C11H22N2S. The van der Waals surface area contributed by atoms with Crippen LogP contribution in [0.15, 0.2) is 0 Å². The van der Waals surface area contributed by atoms with Crippen molar-refractivity contribution in [2.75, 3.05) is 14.1 Å². The van der Waals surface area contributed by atoms with Gasteiger partial charge in [-0.2, -0.15) is 0 Å². The standard InChI is InChI=1S/C9H16N2S.C2H6/c1-5-8-9(6-11(3)4)12-7(2)10-8;1-2/h5-6H2,1-4H3;1-2H3. The van der Waals surface area contributed by atoms with E-state index in [1.807, 2.05) is 25.2 Å². The Hall–Kier alpha value is -0.410. The Kier molecular flexibility index (Phi) is 6.75. The quantitative estimate of drug-likeness (QED) is 0.768. The molecule has 2 nitrogen and oxygen atoms in total. The maximum atomic E-state index is 4.47. The summed E-state index contributed by atoms with van der Waals surface area (Å²) in [7, 11) is 4.18. The summed E-state index contributed by atoms with van der Waals surface area (Å²) in [6, 6.07) is 0. The van der Waals surface area contributed by atoms with E-state index in [2.05, 4.69) is 37.8 Å². The third kappa shape index (κ3) is 4.20. The molecule has 1 heterocycles. The topological polar surface area (TPSA) is 16.1 Å². The molecule has 0 aliphatic rings. The first kappa shape index (κ1) is 13.6. The summed E-state index contributed by atoms with van der Waals surface area (Å²) in [5.41, 5.74) is 1.27. The molecule has 3 heteroatoms. The molecular weight excluding hydrogens is 192 g/mol. The fourth-order valence-electron chi connectivity index (χ4n) is 1.20. The van der Waals surface area contributed by atoms with E-state index in [0.29, 0.717) is 0 Å². The normalized spacial score (nSPS) is 9.93. The number of hydrogen-bond acceptors (Lipinski definition) is 3. The van der Waals surface area contributed by atoms with Crippen molar-refractivity contribution >= 4 is 11.3 Å². The molecule has 82 valence electrons. The van der Waals surface area contributed by atoms with Crippen molar-refractivity contribution in [1.82, 2.24) is 9.88 Å². The summed E-state index contributed by atoms with van der Waals surface area (Å²) in [6.07, 6.45) is 1.05. The lowest BCUT2D eigenvalue weighted by Gasteiger charge is -2.07. The molecule has 0 N–H and O–H groups in total. The van der Waals surface area contributed by atoms with Crippen LogP contribution in [0.3, 0.4) is 0 Å². The molecule has 0 amide bonds. The van der Waals surface area contributed by atoms with Gasteiger partial charge in [-0.15, -0.1) is 11.3 Å².